The van der Waals surface area contributed by atoms with E-state index in [-0.39, 0.29) is 6.04 Å². The van der Waals surface area contributed by atoms with Crippen molar-refractivity contribution in [2.45, 2.75) is 19.4 Å². The first-order valence-corrected chi connectivity index (χ1v) is 5.63. The minimum atomic E-state index is -0.445. The number of rotatable bonds is 3. The average Bonchev–Trinajstić information content (AvgIpc) is 2.77. The van der Waals surface area contributed by atoms with Crippen molar-refractivity contribution < 1.29 is 4.39 Å². The second-order valence-corrected chi connectivity index (χ2v) is 4.13. The van der Waals surface area contributed by atoms with Crippen molar-refractivity contribution in [3.63, 3.8) is 0 Å². The molecule has 6 heteroatoms. The maximum Gasteiger partial charge on any atom is 0.150 e. The Labute approximate surface area is 103 Å². The van der Waals surface area contributed by atoms with Gasteiger partial charge in [0.25, 0.3) is 0 Å². The summed E-state index contributed by atoms with van der Waals surface area (Å²) in [6.07, 6.45) is 2.38. The third-order valence-electron chi connectivity index (χ3n) is 2.49. The molecule has 0 amide bonds. The maximum absolute atomic E-state index is 13.6. The largest absolute Gasteiger partial charge is 0.323 e. The molecule has 1 heterocycles. The van der Waals surface area contributed by atoms with E-state index < -0.39 is 5.82 Å². The highest BCUT2D eigenvalue weighted by molar-refractivity contribution is 6.30. The first-order chi connectivity index (χ1) is 8.11. The molecule has 1 aromatic heterocycles. The molecule has 0 aliphatic carbocycles. The molecule has 2 aromatic rings. The maximum atomic E-state index is 13.6. The van der Waals surface area contributed by atoms with Gasteiger partial charge in [-0.25, -0.2) is 9.07 Å². The van der Waals surface area contributed by atoms with Crippen LogP contribution in [0.2, 0.25) is 5.02 Å². The van der Waals surface area contributed by atoms with Gasteiger partial charge in [0.05, 0.1) is 17.9 Å². The van der Waals surface area contributed by atoms with Crippen LogP contribution in [-0.4, -0.2) is 15.0 Å². The molecule has 2 rings (SSSR count). The van der Waals surface area contributed by atoms with Gasteiger partial charge in [0.1, 0.15) is 11.5 Å². The molecule has 1 aromatic carbocycles. The fraction of sp³-hybridized carbons (Fsp3) is 0.273. The van der Waals surface area contributed by atoms with Crippen LogP contribution in [0.25, 0.3) is 5.69 Å². The molecule has 2 N–H and O–H groups in total. The monoisotopic (exact) mass is 254 g/mol. The summed E-state index contributed by atoms with van der Waals surface area (Å²) >= 11 is 5.68. The van der Waals surface area contributed by atoms with Crippen molar-refractivity contribution in [3.05, 3.63) is 40.9 Å². The molecule has 90 valence electrons. The van der Waals surface area contributed by atoms with E-state index in [9.17, 15) is 4.39 Å². The van der Waals surface area contributed by atoms with Crippen LogP contribution in [0.15, 0.2) is 24.4 Å². The Morgan fingerprint density at radius 1 is 1.53 bits per heavy atom. The second kappa shape index (κ2) is 4.81. The fourth-order valence-corrected chi connectivity index (χ4v) is 1.60. The van der Waals surface area contributed by atoms with E-state index in [0.717, 1.165) is 6.42 Å². The van der Waals surface area contributed by atoms with Crippen LogP contribution in [0.3, 0.4) is 0 Å². The first kappa shape index (κ1) is 12.0. The molecule has 0 saturated carbocycles. The van der Waals surface area contributed by atoms with Gasteiger partial charge in [0.15, 0.2) is 0 Å². The normalized spacial score (nSPS) is 12.7. The number of nitrogens with two attached hydrogens (primary N) is 1. The van der Waals surface area contributed by atoms with E-state index in [1.165, 1.54) is 10.7 Å². The molecule has 0 fully saturated rings. The van der Waals surface area contributed by atoms with E-state index in [1.807, 2.05) is 6.92 Å². The van der Waals surface area contributed by atoms with Gasteiger partial charge in [-0.05, 0) is 24.6 Å². The molecule has 0 radical (unpaired) electrons. The highest BCUT2D eigenvalue weighted by Crippen LogP contribution is 2.18. The molecule has 4 nitrogen and oxygen atoms in total. The van der Waals surface area contributed by atoms with Gasteiger partial charge in [-0.1, -0.05) is 23.7 Å². The SMILES string of the molecule is CCC(N)c1cn(-c2ccc(Cl)cc2F)nn1. The summed E-state index contributed by atoms with van der Waals surface area (Å²) < 4.78 is 15.0. The van der Waals surface area contributed by atoms with Crippen molar-refractivity contribution in [2.75, 3.05) is 0 Å². The van der Waals surface area contributed by atoms with Gasteiger partial charge in [0.2, 0.25) is 0 Å². The number of hydrogen-bond acceptors (Lipinski definition) is 3. The summed E-state index contributed by atoms with van der Waals surface area (Å²) in [6.45, 7) is 1.95. The smallest absolute Gasteiger partial charge is 0.150 e. The summed E-state index contributed by atoms with van der Waals surface area (Å²) in [5, 5.41) is 8.11. The van der Waals surface area contributed by atoms with E-state index >= 15 is 0 Å². The zero-order valence-electron chi connectivity index (χ0n) is 9.27. The zero-order valence-corrected chi connectivity index (χ0v) is 10.0. The van der Waals surface area contributed by atoms with Crippen molar-refractivity contribution in [1.29, 1.82) is 0 Å². The molecule has 0 bridgehead atoms. The lowest BCUT2D eigenvalue weighted by atomic mass is 10.2. The molecule has 0 spiro atoms. The number of aromatic nitrogens is 3. The predicted molar refractivity (Wildman–Crippen MR) is 63.5 cm³/mol. The third kappa shape index (κ3) is 2.45. The highest BCUT2D eigenvalue weighted by atomic mass is 35.5. The Morgan fingerprint density at radius 3 is 2.94 bits per heavy atom. The molecule has 1 atom stereocenters. The van der Waals surface area contributed by atoms with Crippen molar-refractivity contribution in [1.82, 2.24) is 15.0 Å². The summed E-state index contributed by atoms with van der Waals surface area (Å²) in [5.41, 5.74) is 6.76. The molecule has 0 saturated heterocycles. The van der Waals surface area contributed by atoms with Gasteiger partial charge in [-0.3, -0.25) is 0 Å². The van der Waals surface area contributed by atoms with Crippen LogP contribution < -0.4 is 5.73 Å². The number of halogens is 2. The topological polar surface area (TPSA) is 56.7 Å². The Kier molecular flexibility index (Phi) is 3.40. The molecular weight excluding hydrogens is 243 g/mol. The van der Waals surface area contributed by atoms with E-state index in [2.05, 4.69) is 10.3 Å². The molecule has 1 unspecified atom stereocenters. The van der Waals surface area contributed by atoms with Crippen LogP contribution in [-0.2, 0) is 0 Å². The van der Waals surface area contributed by atoms with Crippen LogP contribution in [0.4, 0.5) is 4.39 Å². The van der Waals surface area contributed by atoms with Gasteiger partial charge in [0, 0.05) is 5.02 Å². The standard InChI is InChI=1S/C11H12ClFN4/c1-2-9(14)10-6-17(16-15-10)11-4-3-7(12)5-8(11)13/h3-6,9H,2,14H2,1H3. The fourth-order valence-electron chi connectivity index (χ4n) is 1.44. The van der Waals surface area contributed by atoms with Crippen LogP contribution >= 0.6 is 11.6 Å². The summed E-state index contributed by atoms with van der Waals surface area (Å²) in [5.74, 6) is -0.445. The first-order valence-electron chi connectivity index (χ1n) is 5.25. The number of benzene rings is 1. The molecule has 0 aliphatic rings. The van der Waals surface area contributed by atoms with E-state index in [1.54, 1.807) is 18.3 Å². The minimum Gasteiger partial charge on any atom is -0.323 e. The highest BCUT2D eigenvalue weighted by Gasteiger charge is 2.11. The lowest BCUT2D eigenvalue weighted by Crippen LogP contribution is -2.08. The van der Waals surface area contributed by atoms with Crippen LogP contribution in [0, 0.1) is 5.82 Å². The minimum absolute atomic E-state index is 0.181. The Bertz CT molecular complexity index is 526. The van der Waals surface area contributed by atoms with Gasteiger partial charge in [-0.2, -0.15) is 0 Å². The predicted octanol–water partition coefficient (Wildman–Crippen LogP) is 2.47. The van der Waals surface area contributed by atoms with Crippen molar-refractivity contribution in [3.8, 4) is 5.69 Å². The van der Waals surface area contributed by atoms with E-state index in [4.69, 9.17) is 17.3 Å². The van der Waals surface area contributed by atoms with Gasteiger partial charge in [-0.15, -0.1) is 5.10 Å². The number of hydrogen-bond donors (Lipinski definition) is 1. The lowest BCUT2D eigenvalue weighted by molar-refractivity contribution is 0.607. The van der Waals surface area contributed by atoms with Crippen LogP contribution in [0.5, 0.6) is 0 Å². The quantitative estimate of drug-likeness (QED) is 0.915. The second-order valence-electron chi connectivity index (χ2n) is 3.70. The van der Waals surface area contributed by atoms with Gasteiger partial charge < -0.3 is 5.73 Å². The Hall–Kier alpha value is -1.46. The average molecular weight is 255 g/mol. The van der Waals surface area contributed by atoms with Gasteiger partial charge >= 0.3 is 0 Å². The number of nitrogens with zero attached hydrogens (tertiary/aromatic N) is 3. The molecule has 17 heavy (non-hydrogen) atoms. The lowest BCUT2D eigenvalue weighted by Gasteiger charge is -2.03. The van der Waals surface area contributed by atoms with Crippen molar-refractivity contribution in [2.24, 2.45) is 5.73 Å². The Morgan fingerprint density at radius 2 is 2.29 bits per heavy atom. The van der Waals surface area contributed by atoms with Crippen LogP contribution in [0.1, 0.15) is 25.1 Å². The zero-order chi connectivity index (χ0) is 12.4. The summed E-state index contributed by atoms with van der Waals surface area (Å²) in [7, 11) is 0. The van der Waals surface area contributed by atoms with E-state index in [0.29, 0.717) is 16.4 Å². The third-order valence-corrected chi connectivity index (χ3v) is 2.72. The van der Waals surface area contributed by atoms with Crippen molar-refractivity contribution >= 4 is 11.6 Å². The summed E-state index contributed by atoms with van der Waals surface area (Å²) in [4.78, 5) is 0. The Balaban J connectivity index is 2.37. The molecule has 0 aliphatic heterocycles. The molecular formula is C11H12ClFN4. The summed E-state index contributed by atoms with van der Waals surface area (Å²) in [6, 6.07) is 4.20.